The number of nitrogens with one attached hydrogen (secondary N) is 2. The highest BCUT2D eigenvalue weighted by Gasteiger charge is 2.14. The SMILES string of the molecule is CNc1nc(NCCOC2CCCC2)c2ccccc2n1. The highest BCUT2D eigenvalue weighted by molar-refractivity contribution is 5.89. The molecule has 1 fully saturated rings. The fourth-order valence-corrected chi connectivity index (χ4v) is 2.77. The minimum absolute atomic E-state index is 0.460. The van der Waals surface area contributed by atoms with Gasteiger partial charge in [-0.3, -0.25) is 0 Å². The number of hydrogen-bond acceptors (Lipinski definition) is 5. The average Bonchev–Trinajstić information content (AvgIpc) is 3.04. The monoisotopic (exact) mass is 286 g/mol. The quantitative estimate of drug-likeness (QED) is 0.799. The molecule has 0 spiro atoms. The summed E-state index contributed by atoms with van der Waals surface area (Å²) in [5.41, 5.74) is 0.941. The second-order valence-corrected chi connectivity index (χ2v) is 5.37. The van der Waals surface area contributed by atoms with E-state index in [1.165, 1.54) is 25.7 Å². The van der Waals surface area contributed by atoms with Gasteiger partial charge < -0.3 is 15.4 Å². The van der Waals surface area contributed by atoms with Crippen LogP contribution in [0.4, 0.5) is 11.8 Å². The second kappa shape index (κ2) is 6.72. The van der Waals surface area contributed by atoms with Crippen molar-refractivity contribution in [2.45, 2.75) is 31.8 Å². The molecule has 0 aliphatic heterocycles. The first-order valence-corrected chi connectivity index (χ1v) is 7.67. The molecule has 1 aliphatic rings. The standard InChI is InChI=1S/C16H22N4O/c1-17-16-19-14-9-5-4-8-13(14)15(20-16)18-10-11-21-12-6-2-3-7-12/h4-5,8-9,12H,2-3,6-7,10-11H2,1H3,(H2,17,18,19,20). The summed E-state index contributed by atoms with van der Waals surface area (Å²) >= 11 is 0. The molecule has 112 valence electrons. The molecule has 0 atom stereocenters. The van der Waals surface area contributed by atoms with Gasteiger partial charge in [-0.15, -0.1) is 0 Å². The number of aromatic nitrogens is 2. The van der Waals surface area contributed by atoms with E-state index in [0.29, 0.717) is 12.1 Å². The van der Waals surface area contributed by atoms with Gasteiger partial charge in [-0.25, -0.2) is 4.98 Å². The van der Waals surface area contributed by atoms with Crippen LogP contribution in [0.3, 0.4) is 0 Å². The lowest BCUT2D eigenvalue weighted by Gasteiger charge is -2.13. The van der Waals surface area contributed by atoms with Crippen molar-refractivity contribution in [2.24, 2.45) is 0 Å². The Labute approximate surface area is 125 Å². The average molecular weight is 286 g/mol. The summed E-state index contributed by atoms with van der Waals surface area (Å²) in [7, 11) is 1.83. The Balaban J connectivity index is 1.64. The molecule has 0 amide bonds. The highest BCUT2D eigenvalue weighted by Crippen LogP contribution is 2.22. The van der Waals surface area contributed by atoms with Gasteiger partial charge in [0.25, 0.3) is 0 Å². The van der Waals surface area contributed by atoms with E-state index in [9.17, 15) is 0 Å². The van der Waals surface area contributed by atoms with Gasteiger partial charge in [-0.05, 0) is 25.0 Å². The van der Waals surface area contributed by atoms with Crippen LogP contribution >= 0.6 is 0 Å². The lowest BCUT2D eigenvalue weighted by atomic mass is 10.2. The van der Waals surface area contributed by atoms with Gasteiger partial charge in [0.05, 0.1) is 18.2 Å². The van der Waals surface area contributed by atoms with E-state index in [0.717, 1.165) is 29.9 Å². The third-order valence-electron chi connectivity index (χ3n) is 3.88. The summed E-state index contributed by atoms with van der Waals surface area (Å²) < 4.78 is 5.87. The Morgan fingerprint density at radius 1 is 1.19 bits per heavy atom. The molecule has 21 heavy (non-hydrogen) atoms. The summed E-state index contributed by atoms with van der Waals surface area (Å²) in [6.07, 6.45) is 5.49. The zero-order chi connectivity index (χ0) is 14.5. The minimum atomic E-state index is 0.460. The van der Waals surface area contributed by atoms with Gasteiger partial charge in [-0.2, -0.15) is 4.98 Å². The summed E-state index contributed by atoms with van der Waals surface area (Å²) in [5, 5.41) is 7.41. The molecule has 1 aliphatic carbocycles. The molecule has 0 bridgehead atoms. The van der Waals surface area contributed by atoms with Crippen LogP contribution in [0.1, 0.15) is 25.7 Å². The van der Waals surface area contributed by atoms with E-state index in [2.05, 4.69) is 20.6 Å². The number of fused-ring (bicyclic) bond motifs is 1. The first kappa shape index (κ1) is 14.1. The summed E-state index contributed by atoms with van der Waals surface area (Å²) in [4.78, 5) is 8.95. The summed E-state index contributed by atoms with van der Waals surface area (Å²) in [6, 6.07) is 8.03. The van der Waals surface area contributed by atoms with Crippen molar-refractivity contribution in [3.05, 3.63) is 24.3 Å². The molecule has 3 rings (SSSR count). The number of rotatable bonds is 6. The van der Waals surface area contributed by atoms with Crippen LogP contribution in [0.25, 0.3) is 10.9 Å². The number of anilines is 2. The maximum absolute atomic E-state index is 5.87. The van der Waals surface area contributed by atoms with E-state index in [1.807, 2.05) is 31.3 Å². The maximum atomic E-state index is 5.87. The predicted octanol–water partition coefficient (Wildman–Crippen LogP) is 3.04. The van der Waals surface area contributed by atoms with E-state index >= 15 is 0 Å². The third kappa shape index (κ3) is 3.42. The van der Waals surface area contributed by atoms with Crippen molar-refractivity contribution < 1.29 is 4.74 Å². The van der Waals surface area contributed by atoms with E-state index in [4.69, 9.17) is 4.74 Å². The van der Waals surface area contributed by atoms with Crippen molar-refractivity contribution in [2.75, 3.05) is 30.8 Å². The van der Waals surface area contributed by atoms with Gasteiger partial charge in [-0.1, -0.05) is 25.0 Å². The van der Waals surface area contributed by atoms with Crippen LogP contribution in [0.2, 0.25) is 0 Å². The lowest BCUT2D eigenvalue weighted by Crippen LogP contribution is -2.16. The van der Waals surface area contributed by atoms with Crippen LogP contribution in [0.5, 0.6) is 0 Å². The van der Waals surface area contributed by atoms with Crippen molar-refractivity contribution in [1.29, 1.82) is 0 Å². The molecule has 2 N–H and O–H groups in total. The highest BCUT2D eigenvalue weighted by atomic mass is 16.5. The fraction of sp³-hybridized carbons (Fsp3) is 0.500. The van der Waals surface area contributed by atoms with E-state index in [-0.39, 0.29) is 0 Å². The molecule has 1 aromatic heterocycles. The van der Waals surface area contributed by atoms with Gasteiger partial charge >= 0.3 is 0 Å². The fourth-order valence-electron chi connectivity index (χ4n) is 2.77. The molecule has 5 nitrogen and oxygen atoms in total. The van der Waals surface area contributed by atoms with Crippen molar-refractivity contribution in [1.82, 2.24) is 9.97 Å². The van der Waals surface area contributed by atoms with Crippen LogP contribution in [-0.2, 0) is 4.74 Å². The normalized spacial score (nSPS) is 15.5. The number of nitrogens with zero attached hydrogens (tertiary/aromatic N) is 2. The summed E-state index contributed by atoms with van der Waals surface area (Å²) in [5.74, 6) is 1.49. The zero-order valence-electron chi connectivity index (χ0n) is 12.4. The number of para-hydroxylation sites is 1. The van der Waals surface area contributed by atoms with E-state index < -0.39 is 0 Å². The predicted molar refractivity (Wildman–Crippen MR) is 85.8 cm³/mol. The van der Waals surface area contributed by atoms with Crippen molar-refractivity contribution in [3.8, 4) is 0 Å². The van der Waals surface area contributed by atoms with Crippen LogP contribution in [-0.4, -0.2) is 36.3 Å². The molecule has 0 radical (unpaired) electrons. The Kier molecular flexibility index (Phi) is 4.50. The van der Waals surface area contributed by atoms with Crippen molar-refractivity contribution >= 4 is 22.7 Å². The van der Waals surface area contributed by atoms with Crippen LogP contribution < -0.4 is 10.6 Å². The van der Waals surface area contributed by atoms with Gasteiger partial charge in [0.1, 0.15) is 5.82 Å². The third-order valence-corrected chi connectivity index (χ3v) is 3.88. The van der Waals surface area contributed by atoms with Crippen LogP contribution in [0, 0.1) is 0 Å². The lowest BCUT2D eigenvalue weighted by molar-refractivity contribution is 0.0659. The molecular formula is C16H22N4O. The second-order valence-electron chi connectivity index (χ2n) is 5.37. The van der Waals surface area contributed by atoms with Gasteiger partial charge in [0.2, 0.25) is 5.95 Å². The molecule has 1 heterocycles. The molecule has 5 heteroatoms. The maximum Gasteiger partial charge on any atom is 0.224 e. The molecule has 1 aromatic carbocycles. The smallest absolute Gasteiger partial charge is 0.224 e. The zero-order valence-corrected chi connectivity index (χ0v) is 12.4. The van der Waals surface area contributed by atoms with Gasteiger partial charge in [0.15, 0.2) is 0 Å². The topological polar surface area (TPSA) is 59.1 Å². The molecule has 0 unspecified atom stereocenters. The first-order chi connectivity index (χ1) is 10.4. The first-order valence-electron chi connectivity index (χ1n) is 7.67. The molecule has 0 saturated heterocycles. The van der Waals surface area contributed by atoms with Crippen LogP contribution in [0.15, 0.2) is 24.3 Å². The molecule has 1 saturated carbocycles. The number of ether oxygens (including phenoxy) is 1. The Morgan fingerprint density at radius 2 is 2.00 bits per heavy atom. The minimum Gasteiger partial charge on any atom is -0.376 e. The molecule has 2 aromatic rings. The Morgan fingerprint density at radius 3 is 2.81 bits per heavy atom. The van der Waals surface area contributed by atoms with Crippen molar-refractivity contribution in [3.63, 3.8) is 0 Å². The Bertz CT molecular complexity index is 596. The molecular weight excluding hydrogens is 264 g/mol. The van der Waals surface area contributed by atoms with Gasteiger partial charge in [0, 0.05) is 19.0 Å². The largest absolute Gasteiger partial charge is 0.376 e. The van der Waals surface area contributed by atoms with E-state index in [1.54, 1.807) is 0 Å². The Hall–Kier alpha value is -1.88. The number of benzene rings is 1. The number of hydrogen-bond donors (Lipinski definition) is 2. The summed E-state index contributed by atoms with van der Waals surface area (Å²) in [6.45, 7) is 1.48.